The molecular formula is C15H19BrFN3O. The fourth-order valence-electron chi connectivity index (χ4n) is 2.06. The zero-order valence-electron chi connectivity index (χ0n) is 12.1. The van der Waals surface area contributed by atoms with Gasteiger partial charge in [-0.3, -0.25) is 0 Å². The molecule has 1 aromatic heterocycles. The van der Waals surface area contributed by atoms with Gasteiger partial charge in [0.05, 0.1) is 4.47 Å². The molecule has 2 N–H and O–H groups in total. The maximum absolute atomic E-state index is 13.2. The zero-order chi connectivity index (χ0) is 15.4. The minimum atomic E-state index is -0.313. The molecule has 2 aromatic rings. The molecular weight excluding hydrogens is 337 g/mol. The Morgan fingerprint density at radius 2 is 2.10 bits per heavy atom. The topological polar surface area (TPSA) is 64.9 Å². The second-order valence-corrected chi connectivity index (χ2v) is 6.25. The van der Waals surface area contributed by atoms with E-state index in [-0.39, 0.29) is 17.8 Å². The molecule has 6 heteroatoms. The Kier molecular flexibility index (Phi) is 5.47. The van der Waals surface area contributed by atoms with Crippen molar-refractivity contribution < 1.29 is 8.91 Å². The van der Waals surface area contributed by atoms with Crippen LogP contribution in [0.25, 0.3) is 11.4 Å². The fraction of sp³-hybridized carbons (Fsp3) is 0.467. The Bertz CT molecular complexity index is 600. The van der Waals surface area contributed by atoms with Crippen LogP contribution in [-0.2, 0) is 0 Å². The van der Waals surface area contributed by atoms with Gasteiger partial charge in [0.15, 0.2) is 0 Å². The van der Waals surface area contributed by atoms with E-state index in [0.717, 1.165) is 24.8 Å². The highest BCUT2D eigenvalue weighted by Gasteiger charge is 2.16. The Balaban J connectivity index is 2.05. The van der Waals surface area contributed by atoms with Crippen LogP contribution in [0.3, 0.4) is 0 Å². The number of aromatic nitrogens is 2. The van der Waals surface area contributed by atoms with Crippen molar-refractivity contribution in [3.63, 3.8) is 0 Å². The molecule has 0 spiro atoms. The lowest BCUT2D eigenvalue weighted by Gasteiger charge is -2.07. The first kappa shape index (κ1) is 16.1. The molecule has 0 saturated carbocycles. The van der Waals surface area contributed by atoms with Crippen molar-refractivity contribution >= 4 is 15.9 Å². The maximum Gasteiger partial charge on any atom is 0.229 e. The van der Waals surface area contributed by atoms with Gasteiger partial charge < -0.3 is 10.3 Å². The lowest BCUT2D eigenvalue weighted by molar-refractivity contribution is 0.350. The van der Waals surface area contributed by atoms with Crippen molar-refractivity contribution in [1.82, 2.24) is 10.1 Å². The van der Waals surface area contributed by atoms with Crippen LogP contribution in [0.2, 0.25) is 0 Å². The van der Waals surface area contributed by atoms with Crippen LogP contribution < -0.4 is 5.73 Å². The molecule has 114 valence electrons. The number of rotatable bonds is 6. The van der Waals surface area contributed by atoms with Gasteiger partial charge in [0.25, 0.3) is 0 Å². The predicted octanol–water partition coefficient (Wildman–Crippen LogP) is 4.26. The highest BCUT2D eigenvalue weighted by atomic mass is 79.9. The lowest BCUT2D eigenvalue weighted by Crippen LogP contribution is -2.14. The first-order valence-corrected chi connectivity index (χ1v) is 7.81. The molecule has 0 aliphatic heterocycles. The standard InChI is InChI=1S/C15H19BrFN3O/c1-9(4-3-5-10(2)18)15-19-14(20-21-15)11-6-7-13(17)12(16)8-11/h6-10H,3-5,18H2,1-2H3. The number of halogens is 2. The van der Waals surface area contributed by atoms with Gasteiger partial charge >= 0.3 is 0 Å². The summed E-state index contributed by atoms with van der Waals surface area (Å²) in [7, 11) is 0. The van der Waals surface area contributed by atoms with Crippen LogP contribution in [0.4, 0.5) is 4.39 Å². The molecule has 0 aliphatic rings. The van der Waals surface area contributed by atoms with Crippen molar-refractivity contribution in [3.8, 4) is 11.4 Å². The van der Waals surface area contributed by atoms with Crippen LogP contribution in [0.1, 0.15) is 44.9 Å². The van der Waals surface area contributed by atoms with Crippen LogP contribution in [0, 0.1) is 5.82 Å². The molecule has 2 unspecified atom stereocenters. The van der Waals surface area contributed by atoms with Gasteiger partial charge in [-0.25, -0.2) is 4.39 Å². The highest BCUT2D eigenvalue weighted by molar-refractivity contribution is 9.10. The molecule has 0 fully saturated rings. The minimum absolute atomic E-state index is 0.189. The third-order valence-corrected chi connectivity index (χ3v) is 3.95. The number of nitrogens with two attached hydrogens (primary N) is 1. The molecule has 0 radical (unpaired) electrons. The Labute approximate surface area is 132 Å². The fourth-order valence-corrected chi connectivity index (χ4v) is 2.44. The van der Waals surface area contributed by atoms with Crippen molar-refractivity contribution in [3.05, 3.63) is 34.4 Å². The normalized spacial score (nSPS) is 14.1. The van der Waals surface area contributed by atoms with E-state index in [1.807, 2.05) is 6.92 Å². The van der Waals surface area contributed by atoms with E-state index in [1.165, 1.54) is 6.07 Å². The average molecular weight is 356 g/mol. The van der Waals surface area contributed by atoms with E-state index in [1.54, 1.807) is 12.1 Å². The summed E-state index contributed by atoms with van der Waals surface area (Å²) in [6, 6.07) is 4.87. The molecule has 4 nitrogen and oxygen atoms in total. The second kappa shape index (κ2) is 7.13. The largest absolute Gasteiger partial charge is 0.339 e. The minimum Gasteiger partial charge on any atom is -0.339 e. The third-order valence-electron chi connectivity index (χ3n) is 3.34. The summed E-state index contributed by atoms with van der Waals surface area (Å²) in [5.41, 5.74) is 6.46. The van der Waals surface area contributed by atoms with Gasteiger partial charge in [0, 0.05) is 17.5 Å². The quantitative estimate of drug-likeness (QED) is 0.840. The number of benzene rings is 1. The van der Waals surface area contributed by atoms with Gasteiger partial charge in [0.1, 0.15) is 5.82 Å². The van der Waals surface area contributed by atoms with Crippen molar-refractivity contribution in [2.75, 3.05) is 0 Å². The van der Waals surface area contributed by atoms with E-state index in [2.05, 4.69) is 33.0 Å². The van der Waals surface area contributed by atoms with Crippen molar-refractivity contribution in [2.24, 2.45) is 5.73 Å². The number of nitrogens with zero attached hydrogens (tertiary/aromatic N) is 2. The van der Waals surface area contributed by atoms with Gasteiger partial charge in [-0.1, -0.05) is 18.5 Å². The van der Waals surface area contributed by atoms with Gasteiger partial charge in [-0.2, -0.15) is 4.98 Å². The maximum atomic E-state index is 13.2. The molecule has 2 atom stereocenters. The van der Waals surface area contributed by atoms with Crippen molar-refractivity contribution in [1.29, 1.82) is 0 Å². The van der Waals surface area contributed by atoms with E-state index >= 15 is 0 Å². The summed E-state index contributed by atoms with van der Waals surface area (Å²) in [6.45, 7) is 4.06. The van der Waals surface area contributed by atoms with E-state index < -0.39 is 0 Å². The second-order valence-electron chi connectivity index (χ2n) is 5.39. The molecule has 0 amide bonds. The van der Waals surface area contributed by atoms with E-state index in [0.29, 0.717) is 16.2 Å². The van der Waals surface area contributed by atoms with Gasteiger partial charge in [-0.15, -0.1) is 0 Å². The first-order valence-electron chi connectivity index (χ1n) is 7.02. The van der Waals surface area contributed by atoms with Gasteiger partial charge in [-0.05, 0) is 53.9 Å². The van der Waals surface area contributed by atoms with Crippen LogP contribution in [-0.4, -0.2) is 16.2 Å². The van der Waals surface area contributed by atoms with Crippen molar-refractivity contribution in [2.45, 2.75) is 45.1 Å². The van der Waals surface area contributed by atoms with Crippen LogP contribution in [0.5, 0.6) is 0 Å². The Morgan fingerprint density at radius 1 is 1.33 bits per heavy atom. The van der Waals surface area contributed by atoms with Crippen LogP contribution in [0.15, 0.2) is 27.2 Å². The predicted molar refractivity (Wildman–Crippen MR) is 83.3 cm³/mol. The SMILES string of the molecule is CC(N)CCCC(C)c1nc(-c2ccc(F)c(Br)c2)no1. The summed E-state index contributed by atoms with van der Waals surface area (Å²) in [5.74, 6) is 0.959. The summed E-state index contributed by atoms with van der Waals surface area (Å²) < 4.78 is 18.9. The molecule has 0 bridgehead atoms. The number of hydrogen-bond acceptors (Lipinski definition) is 4. The molecule has 1 aromatic carbocycles. The summed E-state index contributed by atoms with van der Waals surface area (Å²) in [4.78, 5) is 4.40. The Morgan fingerprint density at radius 3 is 2.76 bits per heavy atom. The zero-order valence-corrected chi connectivity index (χ0v) is 13.7. The molecule has 0 aliphatic carbocycles. The molecule has 0 saturated heterocycles. The Hall–Kier alpha value is -1.27. The van der Waals surface area contributed by atoms with E-state index in [4.69, 9.17) is 10.3 Å². The smallest absolute Gasteiger partial charge is 0.229 e. The van der Waals surface area contributed by atoms with Gasteiger partial charge in [0.2, 0.25) is 11.7 Å². The molecule has 21 heavy (non-hydrogen) atoms. The van der Waals surface area contributed by atoms with E-state index in [9.17, 15) is 4.39 Å². The summed E-state index contributed by atoms with van der Waals surface area (Å²) >= 11 is 3.15. The lowest BCUT2D eigenvalue weighted by atomic mass is 10.0. The molecule has 2 rings (SSSR count). The van der Waals surface area contributed by atoms with Crippen LogP contribution >= 0.6 is 15.9 Å². The highest BCUT2D eigenvalue weighted by Crippen LogP contribution is 2.26. The first-order chi connectivity index (χ1) is 9.97. The average Bonchev–Trinajstić information content (AvgIpc) is 2.91. The third kappa shape index (κ3) is 4.35. The number of hydrogen-bond donors (Lipinski definition) is 1. The summed E-state index contributed by atoms with van der Waals surface area (Å²) in [6.07, 6.45) is 2.96. The molecule has 1 heterocycles. The summed E-state index contributed by atoms with van der Waals surface area (Å²) in [5, 5.41) is 3.97. The monoisotopic (exact) mass is 355 g/mol.